The van der Waals surface area contributed by atoms with Crippen LogP contribution in [0, 0.1) is 5.92 Å². The normalized spacial score (nSPS) is 17.6. The van der Waals surface area contributed by atoms with E-state index in [4.69, 9.17) is 0 Å². The number of hydrogen-bond acceptors (Lipinski definition) is 3. The summed E-state index contributed by atoms with van der Waals surface area (Å²) in [4.78, 5) is 6.46. The third-order valence-electron chi connectivity index (χ3n) is 3.88. The highest BCUT2D eigenvalue weighted by atomic mass is 15.1. The molecule has 2 heterocycles. The van der Waals surface area contributed by atoms with E-state index in [1.807, 2.05) is 12.4 Å². The third kappa shape index (κ3) is 3.17. The van der Waals surface area contributed by atoms with Gasteiger partial charge in [-0.05, 0) is 48.7 Å². The van der Waals surface area contributed by atoms with Crippen LogP contribution in [0.3, 0.4) is 0 Å². The SMILES string of the molecule is CN(Cc1ccncc1)CC1CNc2ccccc2C1. The number of para-hydroxylation sites is 1. The van der Waals surface area contributed by atoms with Crippen LogP contribution in [0.5, 0.6) is 0 Å². The molecule has 0 saturated carbocycles. The molecule has 3 nitrogen and oxygen atoms in total. The van der Waals surface area contributed by atoms with Crippen LogP contribution in [0.15, 0.2) is 48.8 Å². The molecule has 1 aromatic carbocycles. The zero-order valence-corrected chi connectivity index (χ0v) is 11.9. The van der Waals surface area contributed by atoms with E-state index in [2.05, 4.69) is 58.6 Å². The van der Waals surface area contributed by atoms with Crippen molar-refractivity contribution < 1.29 is 0 Å². The number of fused-ring (bicyclic) bond motifs is 1. The summed E-state index contributed by atoms with van der Waals surface area (Å²) in [5.41, 5.74) is 4.08. The summed E-state index contributed by atoms with van der Waals surface area (Å²) >= 11 is 0. The van der Waals surface area contributed by atoms with E-state index in [9.17, 15) is 0 Å². The summed E-state index contributed by atoms with van der Waals surface area (Å²) in [5, 5.41) is 3.55. The van der Waals surface area contributed by atoms with Gasteiger partial charge in [-0.25, -0.2) is 0 Å². The number of anilines is 1. The lowest BCUT2D eigenvalue weighted by Crippen LogP contribution is -2.33. The smallest absolute Gasteiger partial charge is 0.0372 e. The number of aromatic nitrogens is 1. The van der Waals surface area contributed by atoms with Gasteiger partial charge in [0.25, 0.3) is 0 Å². The molecule has 0 bridgehead atoms. The van der Waals surface area contributed by atoms with Crippen molar-refractivity contribution in [2.24, 2.45) is 5.92 Å². The first-order valence-electron chi connectivity index (χ1n) is 7.20. The summed E-state index contributed by atoms with van der Waals surface area (Å²) in [6.07, 6.45) is 4.90. The molecule has 1 unspecified atom stereocenters. The number of hydrogen-bond donors (Lipinski definition) is 1. The van der Waals surface area contributed by atoms with E-state index in [1.54, 1.807) is 0 Å². The Morgan fingerprint density at radius 2 is 2.00 bits per heavy atom. The molecule has 1 aliphatic heterocycles. The van der Waals surface area contributed by atoms with Gasteiger partial charge in [-0.3, -0.25) is 4.98 Å². The monoisotopic (exact) mass is 267 g/mol. The predicted molar refractivity (Wildman–Crippen MR) is 82.7 cm³/mol. The number of rotatable bonds is 4. The Bertz CT molecular complexity index is 553. The summed E-state index contributed by atoms with van der Waals surface area (Å²) in [5.74, 6) is 0.678. The van der Waals surface area contributed by atoms with Crippen LogP contribution in [-0.2, 0) is 13.0 Å². The Balaban J connectivity index is 1.57. The van der Waals surface area contributed by atoms with Gasteiger partial charge >= 0.3 is 0 Å². The molecular weight excluding hydrogens is 246 g/mol. The van der Waals surface area contributed by atoms with Crippen molar-refractivity contribution in [3.8, 4) is 0 Å². The molecule has 0 fully saturated rings. The Morgan fingerprint density at radius 3 is 2.85 bits per heavy atom. The fourth-order valence-electron chi connectivity index (χ4n) is 2.94. The molecule has 20 heavy (non-hydrogen) atoms. The summed E-state index contributed by atoms with van der Waals surface area (Å²) in [7, 11) is 2.20. The van der Waals surface area contributed by atoms with Crippen molar-refractivity contribution in [3.63, 3.8) is 0 Å². The molecule has 0 aliphatic carbocycles. The van der Waals surface area contributed by atoms with E-state index in [-0.39, 0.29) is 0 Å². The molecule has 0 saturated heterocycles. The van der Waals surface area contributed by atoms with Crippen LogP contribution in [0.1, 0.15) is 11.1 Å². The van der Waals surface area contributed by atoms with Crippen molar-refractivity contribution in [1.29, 1.82) is 0 Å². The Kier molecular flexibility index (Phi) is 3.97. The van der Waals surface area contributed by atoms with Gasteiger partial charge in [0.05, 0.1) is 0 Å². The Hall–Kier alpha value is -1.87. The number of benzene rings is 1. The van der Waals surface area contributed by atoms with Gasteiger partial charge in [0.1, 0.15) is 0 Å². The first kappa shape index (κ1) is 13.1. The maximum absolute atomic E-state index is 4.06. The average Bonchev–Trinajstić information content (AvgIpc) is 2.48. The molecule has 0 amide bonds. The van der Waals surface area contributed by atoms with Gasteiger partial charge in [-0.15, -0.1) is 0 Å². The second-order valence-corrected chi connectivity index (χ2v) is 5.66. The highest BCUT2D eigenvalue weighted by Crippen LogP contribution is 2.24. The number of nitrogens with one attached hydrogen (secondary N) is 1. The van der Waals surface area contributed by atoms with Crippen molar-refractivity contribution >= 4 is 5.69 Å². The summed E-state index contributed by atoms with van der Waals surface area (Å²) in [6, 6.07) is 12.8. The number of pyridine rings is 1. The largest absolute Gasteiger partial charge is 0.384 e. The molecule has 2 aromatic rings. The standard InChI is InChI=1S/C17H21N3/c1-20(12-14-6-8-18-9-7-14)13-15-10-16-4-2-3-5-17(16)19-11-15/h2-9,15,19H,10-13H2,1H3. The maximum Gasteiger partial charge on any atom is 0.0372 e. The molecule has 1 aromatic heterocycles. The Labute approximate surface area is 120 Å². The molecule has 0 spiro atoms. The van der Waals surface area contributed by atoms with Crippen LogP contribution in [0.4, 0.5) is 5.69 Å². The molecule has 104 valence electrons. The minimum atomic E-state index is 0.678. The molecule has 1 N–H and O–H groups in total. The van der Waals surface area contributed by atoms with Crippen molar-refractivity contribution in [3.05, 3.63) is 59.9 Å². The topological polar surface area (TPSA) is 28.2 Å². The maximum atomic E-state index is 4.06. The lowest BCUT2D eigenvalue weighted by molar-refractivity contribution is 0.271. The van der Waals surface area contributed by atoms with Crippen LogP contribution in [-0.4, -0.2) is 30.0 Å². The van der Waals surface area contributed by atoms with E-state index in [1.165, 1.54) is 23.2 Å². The fraction of sp³-hybridized carbons (Fsp3) is 0.353. The lowest BCUT2D eigenvalue weighted by Gasteiger charge is -2.29. The van der Waals surface area contributed by atoms with Gasteiger partial charge in [0.2, 0.25) is 0 Å². The first-order chi connectivity index (χ1) is 9.81. The Morgan fingerprint density at radius 1 is 1.20 bits per heavy atom. The minimum Gasteiger partial charge on any atom is -0.384 e. The molecule has 1 atom stereocenters. The van der Waals surface area contributed by atoms with Gasteiger partial charge < -0.3 is 10.2 Å². The zero-order valence-electron chi connectivity index (χ0n) is 11.9. The van der Waals surface area contributed by atoms with Crippen molar-refractivity contribution in [1.82, 2.24) is 9.88 Å². The van der Waals surface area contributed by atoms with Crippen LogP contribution in [0.2, 0.25) is 0 Å². The molecule has 3 heteroatoms. The van der Waals surface area contributed by atoms with E-state index in [0.717, 1.165) is 19.6 Å². The molecule has 0 radical (unpaired) electrons. The van der Waals surface area contributed by atoms with Crippen molar-refractivity contribution in [2.45, 2.75) is 13.0 Å². The third-order valence-corrected chi connectivity index (χ3v) is 3.88. The molecule has 3 rings (SSSR count). The predicted octanol–water partition coefficient (Wildman–Crippen LogP) is 2.80. The molecular formula is C17H21N3. The highest BCUT2D eigenvalue weighted by molar-refractivity contribution is 5.53. The molecule has 1 aliphatic rings. The van der Waals surface area contributed by atoms with Crippen molar-refractivity contribution in [2.75, 3.05) is 25.5 Å². The second-order valence-electron chi connectivity index (χ2n) is 5.66. The first-order valence-corrected chi connectivity index (χ1v) is 7.20. The second kappa shape index (κ2) is 6.06. The van der Waals surface area contributed by atoms with E-state index >= 15 is 0 Å². The summed E-state index contributed by atoms with van der Waals surface area (Å²) in [6.45, 7) is 3.17. The van der Waals surface area contributed by atoms with Gasteiger partial charge in [0.15, 0.2) is 0 Å². The average molecular weight is 267 g/mol. The van der Waals surface area contributed by atoms with Gasteiger partial charge in [-0.1, -0.05) is 18.2 Å². The van der Waals surface area contributed by atoms with Gasteiger partial charge in [0, 0.05) is 37.7 Å². The lowest BCUT2D eigenvalue weighted by atomic mass is 9.93. The number of nitrogens with zero attached hydrogens (tertiary/aromatic N) is 2. The van der Waals surface area contributed by atoms with Crippen LogP contribution >= 0.6 is 0 Å². The zero-order chi connectivity index (χ0) is 13.8. The van der Waals surface area contributed by atoms with E-state index < -0.39 is 0 Å². The quantitative estimate of drug-likeness (QED) is 0.923. The minimum absolute atomic E-state index is 0.678. The van der Waals surface area contributed by atoms with Crippen LogP contribution in [0.25, 0.3) is 0 Å². The van der Waals surface area contributed by atoms with Gasteiger partial charge in [-0.2, -0.15) is 0 Å². The highest BCUT2D eigenvalue weighted by Gasteiger charge is 2.19. The fourth-order valence-corrected chi connectivity index (χ4v) is 2.94. The summed E-state index contributed by atoms with van der Waals surface area (Å²) < 4.78 is 0. The van der Waals surface area contributed by atoms with Crippen LogP contribution < -0.4 is 5.32 Å². The van der Waals surface area contributed by atoms with E-state index in [0.29, 0.717) is 5.92 Å².